The molecule has 1 amide bonds. The van der Waals surface area contributed by atoms with E-state index in [0.717, 1.165) is 86.5 Å². The molecule has 1 heterocycles. The maximum Gasteiger partial charge on any atom is 0.350 e. The number of aliphatic carboxylic acids is 1. The first-order valence-electron chi connectivity index (χ1n) is 14.0. The van der Waals surface area contributed by atoms with Gasteiger partial charge in [-0.25, -0.2) is 4.79 Å². The minimum Gasteiger partial charge on any atom is -0.478 e. The average molecular weight is 490 g/mol. The number of carboxylic acids is 1. The topological polar surface area (TPSA) is 77.8 Å². The van der Waals surface area contributed by atoms with Gasteiger partial charge in [0.05, 0.1) is 0 Å². The molecule has 3 fully saturated rings. The van der Waals surface area contributed by atoms with Crippen LogP contribution >= 0.6 is 0 Å². The van der Waals surface area contributed by atoms with Crippen LogP contribution in [0.15, 0.2) is 42.5 Å². The van der Waals surface area contributed by atoms with Gasteiger partial charge in [-0.3, -0.25) is 4.79 Å². The molecule has 3 aliphatic rings. The van der Waals surface area contributed by atoms with E-state index in [1.165, 1.54) is 12.8 Å². The van der Waals surface area contributed by atoms with Crippen LogP contribution in [0.3, 0.4) is 0 Å². The molecule has 2 aromatic rings. The van der Waals surface area contributed by atoms with E-state index in [0.29, 0.717) is 24.6 Å². The maximum absolute atomic E-state index is 13.9. The summed E-state index contributed by atoms with van der Waals surface area (Å²) in [6.45, 7) is 0.992. The zero-order valence-corrected chi connectivity index (χ0v) is 21.3. The summed E-state index contributed by atoms with van der Waals surface area (Å²) in [7, 11) is 0. The van der Waals surface area contributed by atoms with Crippen molar-refractivity contribution in [1.82, 2.24) is 4.90 Å². The quantitative estimate of drug-likeness (QED) is 0.464. The zero-order chi connectivity index (χ0) is 25.1. The first kappa shape index (κ1) is 25.0. The van der Waals surface area contributed by atoms with Crippen molar-refractivity contribution < 1.29 is 19.8 Å². The molecule has 0 radical (unpaired) electrons. The van der Waals surface area contributed by atoms with Crippen LogP contribution in [0, 0.1) is 0 Å². The first-order chi connectivity index (χ1) is 17.5. The van der Waals surface area contributed by atoms with E-state index in [2.05, 4.69) is 12.1 Å². The summed E-state index contributed by atoms with van der Waals surface area (Å²) in [5, 5.41) is 22.8. The number of likely N-dealkylation sites (tertiary alicyclic amines) is 1. The second-order valence-corrected chi connectivity index (χ2v) is 11.0. The highest BCUT2D eigenvalue weighted by molar-refractivity contribution is 6.08. The smallest absolute Gasteiger partial charge is 0.350 e. The molecular weight excluding hydrogens is 450 g/mol. The van der Waals surface area contributed by atoms with E-state index in [-0.39, 0.29) is 5.92 Å². The van der Waals surface area contributed by atoms with Crippen LogP contribution in [0.25, 0.3) is 11.1 Å². The summed E-state index contributed by atoms with van der Waals surface area (Å²) >= 11 is 0. The van der Waals surface area contributed by atoms with Crippen LogP contribution < -0.4 is 0 Å². The Labute approximate surface area is 214 Å². The van der Waals surface area contributed by atoms with E-state index in [1.54, 1.807) is 4.90 Å². The molecule has 36 heavy (non-hydrogen) atoms. The van der Waals surface area contributed by atoms with Crippen LogP contribution in [0.4, 0.5) is 0 Å². The third-order valence-corrected chi connectivity index (χ3v) is 8.80. The molecule has 1 unspecified atom stereocenters. The van der Waals surface area contributed by atoms with Gasteiger partial charge in [-0.15, -0.1) is 0 Å². The Morgan fingerprint density at radius 3 is 1.81 bits per heavy atom. The van der Waals surface area contributed by atoms with Crippen LogP contribution in [-0.4, -0.2) is 40.1 Å². The number of amides is 1. The minimum atomic E-state index is -2.60. The minimum absolute atomic E-state index is 0.147. The SMILES string of the molecule is O=C(O)C(O)(C(=O)N1CCCC1)c1c(C2CCCCC2)ccc(C2CCCCC2)c1-c1ccccc1. The predicted molar refractivity (Wildman–Crippen MR) is 141 cm³/mol. The van der Waals surface area contributed by atoms with E-state index in [4.69, 9.17) is 0 Å². The average Bonchev–Trinajstić information content (AvgIpc) is 3.48. The fraction of sp³-hybridized carbons (Fsp3) is 0.548. The third-order valence-electron chi connectivity index (χ3n) is 8.80. The Bertz CT molecular complexity index is 1080. The van der Waals surface area contributed by atoms with Crippen molar-refractivity contribution in [3.05, 3.63) is 59.2 Å². The lowest BCUT2D eigenvalue weighted by atomic mass is 9.71. The summed E-state index contributed by atoms with van der Waals surface area (Å²) < 4.78 is 0. The van der Waals surface area contributed by atoms with Gasteiger partial charge in [0.15, 0.2) is 0 Å². The lowest BCUT2D eigenvalue weighted by Gasteiger charge is -2.36. The van der Waals surface area contributed by atoms with Crippen molar-refractivity contribution in [2.24, 2.45) is 0 Å². The highest BCUT2D eigenvalue weighted by Crippen LogP contribution is 2.48. The van der Waals surface area contributed by atoms with E-state index >= 15 is 0 Å². The Morgan fingerprint density at radius 1 is 0.722 bits per heavy atom. The first-order valence-corrected chi connectivity index (χ1v) is 14.0. The molecule has 192 valence electrons. The number of rotatable bonds is 6. The molecule has 1 atom stereocenters. The lowest BCUT2D eigenvalue weighted by Crippen LogP contribution is -2.52. The van der Waals surface area contributed by atoms with Crippen molar-refractivity contribution in [2.75, 3.05) is 13.1 Å². The molecule has 1 aliphatic heterocycles. The Hall–Kier alpha value is -2.66. The molecule has 1 saturated heterocycles. The van der Waals surface area contributed by atoms with Crippen LogP contribution in [-0.2, 0) is 15.2 Å². The molecule has 5 heteroatoms. The summed E-state index contributed by atoms with van der Waals surface area (Å²) in [5.74, 6) is -1.70. The number of hydrogen-bond acceptors (Lipinski definition) is 3. The third kappa shape index (κ3) is 4.58. The van der Waals surface area contributed by atoms with Crippen LogP contribution in [0.2, 0.25) is 0 Å². The number of carbonyl (C=O) groups excluding carboxylic acids is 1. The fourth-order valence-electron chi connectivity index (χ4n) is 6.90. The Morgan fingerprint density at radius 2 is 1.25 bits per heavy atom. The van der Waals surface area contributed by atoms with Gasteiger partial charge in [-0.1, -0.05) is 81.0 Å². The normalized spacial score (nSPS) is 21.3. The molecule has 2 aliphatic carbocycles. The van der Waals surface area contributed by atoms with Crippen molar-refractivity contribution in [1.29, 1.82) is 0 Å². The number of hydrogen-bond donors (Lipinski definition) is 2. The van der Waals surface area contributed by atoms with E-state index in [9.17, 15) is 19.8 Å². The highest BCUT2D eigenvalue weighted by atomic mass is 16.4. The van der Waals surface area contributed by atoms with E-state index in [1.807, 2.05) is 30.3 Å². The molecule has 2 aromatic carbocycles. The van der Waals surface area contributed by atoms with Crippen molar-refractivity contribution in [3.63, 3.8) is 0 Å². The number of nitrogens with zero attached hydrogens (tertiary/aromatic N) is 1. The van der Waals surface area contributed by atoms with Gasteiger partial charge in [0.25, 0.3) is 11.5 Å². The Kier molecular flexibility index (Phi) is 7.47. The van der Waals surface area contributed by atoms with Crippen molar-refractivity contribution >= 4 is 11.9 Å². The van der Waals surface area contributed by atoms with Gasteiger partial charge >= 0.3 is 5.97 Å². The van der Waals surface area contributed by atoms with Gasteiger partial charge < -0.3 is 15.1 Å². The lowest BCUT2D eigenvalue weighted by molar-refractivity contribution is -0.172. The van der Waals surface area contributed by atoms with Gasteiger partial charge in [0, 0.05) is 18.7 Å². The zero-order valence-electron chi connectivity index (χ0n) is 21.3. The number of aliphatic hydroxyl groups is 1. The summed E-state index contributed by atoms with van der Waals surface area (Å²) in [6.07, 6.45) is 12.5. The summed E-state index contributed by atoms with van der Waals surface area (Å²) in [6, 6.07) is 14.1. The molecule has 0 spiro atoms. The van der Waals surface area contributed by atoms with Crippen LogP contribution in [0.5, 0.6) is 0 Å². The fourth-order valence-corrected chi connectivity index (χ4v) is 6.90. The van der Waals surface area contributed by atoms with Gasteiger partial charge in [-0.05, 0) is 72.6 Å². The molecule has 2 N–H and O–H groups in total. The number of carboxylic acid groups (broad SMARTS) is 1. The molecule has 5 rings (SSSR count). The van der Waals surface area contributed by atoms with Crippen molar-refractivity contribution in [3.8, 4) is 11.1 Å². The standard InChI is InChI=1S/C31H39NO4/c33-29(32-20-10-11-21-32)31(36,30(34)35)28-26(23-14-6-2-7-15-23)19-18-25(22-12-4-1-5-13-22)27(28)24-16-8-3-9-17-24/h3,8-9,16-19,22-23,36H,1-2,4-7,10-15,20-21H2,(H,34,35). The monoisotopic (exact) mass is 489 g/mol. The molecule has 0 bridgehead atoms. The molecular formula is C31H39NO4. The largest absolute Gasteiger partial charge is 0.478 e. The van der Waals surface area contributed by atoms with Crippen LogP contribution in [0.1, 0.15) is 106 Å². The highest BCUT2D eigenvalue weighted by Gasteiger charge is 2.52. The predicted octanol–water partition coefficient (Wildman–Crippen LogP) is 6.34. The second-order valence-electron chi connectivity index (χ2n) is 11.0. The maximum atomic E-state index is 13.9. The van der Waals surface area contributed by atoms with E-state index < -0.39 is 17.5 Å². The number of benzene rings is 2. The molecule has 0 aromatic heterocycles. The van der Waals surface area contributed by atoms with Crippen molar-refractivity contribution in [2.45, 2.75) is 94.5 Å². The second kappa shape index (κ2) is 10.8. The van der Waals surface area contributed by atoms with Gasteiger partial charge in [0.2, 0.25) is 0 Å². The number of carbonyl (C=O) groups is 2. The molecule has 5 nitrogen and oxygen atoms in total. The van der Waals surface area contributed by atoms with Gasteiger partial charge in [-0.2, -0.15) is 0 Å². The van der Waals surface area contributed by atoms with Gasteiger partial charge in [0.1, 0.15) is 0 Å². The molecule has 2 saturated carbocycles. The summed E-state index contributed by atoms with van der Waals surface area (Å²) in [4.78, 5) is 28.5. The Balaban J connectivity index is 1.79. The summed E-state index contributed by atoms with van der Waals surface area (Å²) in [5.41, 5.74) is 1.35.